The summed E-state index contributed by atoms with van der Waals surface area (Å²) in [6.45, 7) is 0.910. The summed E-state index contributed by atoms with van der Waals surface area (Å²) >= 11 is 5.23. The van der Waals surface area contributed by atoms with Gasteiger partial charge in [0.1, 0.15) is 5.52 Å². The number of halogens is 1. The van der Waals surface area contributed by atoms with Gasteiger partial charge in [-0.05, 0) is 40.9 Å². The van der Waals surface area contributed by atoms with E-state index in [0.29, 0.717) is 6.10 Å². The number of thioether (sulfide) groups is 1. The van der Waals surface area contributed by atoms with Crippen LogP contribution in [0.5, 0.6) is 0 Å². The van der Waals surface area contributed by atoms with Crippen LogP contribution in [-0.2, 0) is 4.74 Å². The Hall–Kier alpha value is -0.650. The summed E-state index contributed by atoms with van der Waals surface area (Å²) < 4.78 is 6.60. The molecule has 5 heteroatoms. The van der Waals surface area contributed by atoms with Crippen LogP contribution >= 0.6 is 27.7 Å². The summed E-state index contributed by atoms with van der Waals surface area (Å²) in [4.78, 5) is 9.98. The minimum Gasteiger partial charge on any atom is -0.377 e. The maximum atomic E-state index is 5.64. The second-order valence-electron chi connectivity index (χ2n) is 4.28. The zero-order valence-corrected chi connectivity index (χ0v) is 12.2. The predicted molar refractivity (Wildman–Crippen MR) is 76.9 cm³/mol. The van der Waals surface area contributed by atoms with Crippen LogP contribution in [0.3, 0.4) is 0 Å². The lowest BCUT2D eigenvalue weighted by Crippen LogP contribution is -2.07. The molecule has 0 N–H and O–H groups in total. The Kier molecular flexibility index (Phi) is 3.82. The average Bonchev–Trinajstić information content (AvgIpc) is 2.89. The first-order valence-electron chi connectivity index (χ1n) is 5.97. The molecule has 0 aromatic carbocycles. The summed E-state index contributed by atoms with van der Waals surface area (Å²) in [5, 5.41) is 0. The molecule has 0 saturated carbocycles. The summed E-state index contributed by atoms with van der Waals surface area (Å²) in [6.07, 6.45) is 6.42. The van der Waals surface area contributed by atoms with Crippen LogP contribution in [0.2, 0.25) is 0 Å². The Morgan fingerprint density at radius 2 is 2.39 bits per heavy atom. The van der Waals surface area contributed by atoms with E-state index in [4.69, 9.17) is 4.74 Å². The minimum absolute atomic E-state index is 0.397. The second kappa shape index (κ2) is 5.55. The van der Waals surface area contributed by atoms with Gasteiger partial charge in [0.05, 0.1) is 11.6 Å². The van der Waals surface area contributed by atoms with Crippen molar-refractivity contribution in [1.29, 1.82) is 0 Å². The molecule has 0 radical (unpaired) electrons. The summed E-state index contributed by atoms with van der Waals surface area (Å²) in [5.41, 5.74) is 1.91. The van der Waals surface area contributed by atoms with Crippen LogP contribution in [0.15, 0.2) is 33.9 Å². The molecular weight excluding hydrogens is 312 g/mol. The van der Waals surface area contributed by atoms with E-state index in [0.717, 1.165) is 27.9 Å². The van der Waals surface area contributed by atoms with Gasteiger partial charge in [-0.3, -0.25) is 9.97 Å². The first-order chi connectivity index (χ1) is 8.83. The van der Waals surface area contributed by atoms with Crippen molar-refractivity contribution >= 4 is 38.7 Å². The van der Waals surface area contributed by atoms with Gasteiger partial charge >= 0.3 is 0 Å². The highest BCUT2D eigenvalue weighted by Gasteiger charge is 2.16. The maximum Gasteiger partial charge on any atom is 0.102 e. The fourth-order valence-corrected chi connectivity index (χ4v) is 3.45. The zero-order valence-electron chi connectivity index (χ0n) is 9.80. The van der Waals surface area contributed by atoms with Gasteiger partial charge in [0.25, 0.3) is 0 Å². The van der Waals surface area contributed by atoms with Crippen molar-refractivity contribution in [3.05, 3.63) is 29.0 Å². The number of nitrogens with zero attached hydrogens (tertiary/aromatic N) is 2. The largest absolute Gasteiger partial charge is 0.377 e. The SMILES string of the molecule is Brc1cnc2c(SCC3CCCO3)ccnc2c1. The van der Waals surface area contributed by atoms with Crippen LogP contribution in [-0.4, -0.2) is 28.4 Å². The molecule has 3 rings (SSSR count). The lowest BCUT2D eigenvalue weighted by Gasteiger charge is -2.09. The Morgan fingerprint density at radius 3 is 3.22 bits per heavy atom. The molecule has 1 aliphatic heterocycles. The highest BCUT2D eigenvalue weighted by atomic mass is 79.9. The maximum absolute atomic E-state index is 5.64. The van der Waals surface area contributed by atoms with E-state index >= 15 is 0 Å². The van der Waals surface area contributed by atoms with Crippen LogP contribution in [0.25, 0.3) is 11.0 Å². The molecule has 2 aromatic rings. The molecule has 3 nitrogen and oxygen atoms in total. The molecule has 1 fully saturated rings. The molecular formula is C13H13BrN2OS. The fraction of sp³-hybridized carbons (Fsp3) is 0.385. The molecule has 3 heterocycles. The number of fused-ring (bicyclic) bond motifs is 1. The molecule has 18 heavy (non-hydrogen) atoms. The highest BCUT2D eigenvalue weighted by Crippen LogP contribution is 2.29. The number of rotatable bonds is 3. The van der Waals surface area contributed by atoms with Gasteiger partial charge < -0.3 is 4.74 Å². The van der Waals surface area contributed by atoms with Crippen molar-refractivity contribution in [2.45, 2.75) is 23.8 Å². The van der Waals surface area contributed by atoms with Gasteiger partial charge in [-0.15, -0.1) is 11.8 Å². The third kappa shape index (κ3) is 2.68. The van der Waals surface area contributed by atoms with E-state index in [-0.39, 0.29) is 0 Å². The summed E-state index contributed by atoms with van der Waals surface area (Å²) in [5.74, 6) is 0.997. The summed E-state index contributed by atoms with van der Waals surface area (Å²) in [6, 6.07) is 4.03. The Morgan fingerprint density at radius 1 is 1.44 bits per heavy atom. The van der Waals surface area contributed by atoms with E-state index in [1.807, 2.05) is 36.3 Å². The normalized spacial score (nSPS) is 19.5. The molecule has 1 aliphatic rings. The van der Waals surface area contributed by atoms with Gasteiger partial charge in [0.15, 0.2) is 0 Å². The van der Waals surface area contributed by atoms with Crippen LogP contribution in [0.4, 0.5) is 0 Å². The Balaban J connectivity index is 1.82. The smallest absolute Gasteiger partial charge is 0.102 e. The molecule has 0 spiro atoms. The number of hydrogen-bond donors (Lipinski definition) is 0. The van der Waals surface area contributed by atoms with E-state index in [1.54, 1.807) is 0 Å². The molecule has 0 bridgehead atoms. The molecule has 0 amide bonds. The molecule has 0 aliphatic carbocycles. The molecule has 1 saturated heterocycles. The number of pyridine rings is 2. The second-order valence-corrected chi connectivity index (χ2v) is 6.25. The Labute approximate surface area is 118 Å². The monoisotopic (exact) mass is 324 g/mol. The van der Waals surface area contributed by atoms with E-state index in [1.165, 1.54) is 17.7 Å². The van der Waals surface area contributed by atoms with Gasteiger partial charge in [-0.25, -0.2) is 0 Å². The molecule has 1 unspecified atom stereocenters. The van der Waals surface area contributed by atoms with E-state index in [9.17, 15) is 0 Å². The van der Waals surface area contributed by atoms with Crippen molar-refractivity contribution in [3.63, 3.8) is 0 Å². The third-order valence-corrected chi connectivity index (χ3v) is 4.57. The van der Waals surface area contributed by atoms with Gasteiger partial charge in [0, 0.05) is 34.1 Å². The van der Waals surface area contributed by atoms with Crippen molar-refractivity contribution in [1.82, 2.24) is 9.97 Å². The lowest BCUT2D eigenvalue weighted by molar-refractivity contribution is 0.129. The fourth-order valence-electron chi connectivity index (χ4n) is 2.06. The molecule has 94 valence electrons. The Bertz CT molecular complexity index is 558. The van der Waals surface area contributed by atoms with Crippen LogP contribution in [0, 0.1) is 0 Å². The first-order valence-corrected chi connectivity index (χ1v) is 7.75. The van der Waals surface area contributed by atoms with Crippen molar-refractivity contribution in [2.75, 3.05) is 12.4 Å². The van der Waals surface area contributed by atoms with Crippen LogP contribution < -0.4 is 0 Å². The third-order valence-electron chi connectivity index (χ3n) is 2.96. The van der Waals surface area contributed by atoms with Crippen molar-refractivity contribution in [3.8, 4) is 0 Å². The zero-order chi connectivity index (χ0) is 12.4. The standard InChI is InChI=1S/C13H13BrN2OS/c14-9-6-11-13(16-7-9)12(3-4-15-11)18-8-10-2-1-5-17-10/h3-4,6-7,10H,1-2,5,8H2. The average molecular weight is 325 g/mol. The predicted octanol–water partition coefficient (Wildman–Crippen LogP) is 3.66. The molecule has 2 aromatic heterocycles. The number of aromatic nitrogens is 2. The van der Waals surface area contributed by atoms with Gasteiger partial charge in [-0.1, -0.05) is 0 Å². The summed E-state index contributed by atoms with van der Waals surface area (Å²) in [7, 11) is 0. The van der Waals surface area contributed by atoms with Crippen LogP contribution in [0.1, 0.15) is 12.8 Å². The minimum atomic E-state index is 0.397. The van der Waals surface area contributed by atoms with Gasteiger partial charge in [0.2, 0.25) is 0 Å². The van der Waals surface area contributed by atoms with E-state index in [2.05, 4.69) is 25.9 Å². The quantitative estimate of drug-likeness (QED) is 0.807. The first kappa shape index (κ1) is 12.4. The topological polar surface area (TPSA) is 35.0 Å². The number of hydrogen-bond acceptors (Lipinski definition) is 4. The van der Waals surface area contributed by atoms with E-state index < -0.39 is 0 Å². The molecule has 1 atom stereocenters. The lowest BCUT2D eigenvalue weighted by atomic mass is 10.3. The van der Waals surface area contributed by atoms with Crippen molar-refractivity contribution in [2.24, 2.45) is 0 Å². The highest BCUT2D eigenvalue weighted by molar-refractivity contribution is 9.10. The number of ether oxygens (including phenoxy) is 1. The van der Waals surface area contributed by atoms with Crippen molar-refractivity contribution < 1.29 is 4.74 Å². The van der Waals surface area contributed by atoms with Gasteiger partial charge in [-0.2, -0.15) is 0 Å².